The molecule has 0 atom stereocenters. The Bertz CT molecular complexity index is 886. The van der Waals surface area contributed by atoms with Crippen LogP contribution in [0.4, 0.5) is 0 Å². The number of carbonyl (C=O) groups is 1. The van der Waals surface area contributed by atoms with Gasteiger partial charge in [-0.25, -0.2) is 0 Å². The van der Waals surface area contributed by atoms with Crippen LogP contribution in [0.5, 0.6) is 5.75 Å². The maximum absolute atomic E-state index is 12.4. The molecule has 0 radical (unpaired) electrons. The van der Waals surface area contributed by atoms with Crippen LogP contribution < -0.4 is 10.1 Å². The number of rotatable bonds is 5. The molecule has 0 saturated heterocycles. The smallest absolute Gasteiger partial charge is 0.240 e. The Hall–Kier alpha value is -2.27. The second-order valence-corrected chi connectivity index (χ2v) is 6.58. The Labute approximate surface area is 149 Å². The lowest BCUT2D eigenvalue weighted by Gasteiger charge is -2.12. The molecule has 4 nitrogen and oxygen atoms in total. The van der Waals surface area contributed by atoms with Gasteiger partial charge in [-0.3, -0.25) is 4.79 Å². The number of fused-ring (bicyclic) bond motifs is 1. The molecule has 1 heterocycles. The first-order chi connectivity index (χ1) is 11.6. The molecule has 0 aliphatic rings. The highest BCUT2D eigenvalue weighted by Crippen LogP contribution is 2.23. The number of carbonyl (C=O) groups excluding carboxylic acids is 1. The van der Waals surface area contributed by atoms with Crippen LogP contribution in [0.15, 0.2) is 53.0 Å². The molecular formula is C19H19BrN2O2. The zero-order valence-corrected chi connectivity index (χ0v) is 15.3. The highest BCUT2D eigenvalue weighted by atomic mass is 79.9. The SMILES string of the molecule is COc1ccc(Br)cc1CNC(=O)Cn1c(C)cc2ccccc21. The maximum atomic E-state index is 12.4. The van der Waals surface area contributed by atoms with E-state index in [-0.39, 0.29) is 5.91 Å². The average Bonchev–Trinajstić information content (AvgIpc) is 2.89. The zero-order chi connectivity index (χ0) is 17.1. The Kier molecular flexibility index (Phi) is 4.90. The standard InChI is InChI=1S/C19H19BrN2O2/c1-13-9-14-5-3-4-6-17(14)22(13)12-19(23)21-11-15-10-16(20)7-8-18(15)24-2/h3-10H,11-12H2,1-2H3,(H,21,23). The van der Waals surface area contributed by atoms with Gasteiger partial charge in [0.2, 0.25) is 5.91 Å². The van der Waals surface area contributed by atoms with E-state index in [2.05, 4.69) is 33.4 Å². The number of amides is 1. The molecule has 5 heteroatoms. The minimum Gasteiger partial charge on any atom is -0.496 e. The first-order valence-corrected chi connectivity index (χ1v) is 8.52. The highest BCUT2D eigenvalue weighted by Gasteiger charge is 2.10. The van der Waals surface area contributed by atoms with Gasteiger partial charge in [0, 0.05) is 27.8 Å². The number of nitrogens with one attached hydrogen (secondary N) is 1. The highest BCUT2D eigenvalue weighted by molar-refractivity contribution is 9.10. The number of nitrogens with zero attached hydrogens (tertiary/aromatic N) is 1. The largest absolute Gasteiger partial charge is 0.496 e. The molecule has 124 valence electrons. The van der Waals surface area contributed by atoms with Crippen molar-refractivity contribution in [2.45, 2.75) is 20.0 Å². The Morgan fingerprint density at radius 3 is 2.79 bits per heavy atom. The molecule has 0 spiro atoms. The maximum Gasteiger partial charge on any atom is 0.240 e. The Morgan fingerprint density at radius 2 is 2.00 bits per heavy atom. The summed E-state index contributed by atoms with van der Waals surface area (Å²) < 4.78 is 8.33. The van der Waals surface area contributed by atoms with Gasteiger partial charge >= 0.3 is 0 Å². The van der Waals surface area contributed by atoms with Crippen LogP contribution in [0.3, 0.4) is 0 Å². The van der Waals surface area contributed by atoms with Crippen LogP contribution in [-0.4, -0.2) is 17.6 Å². The van der Waals surface area contributed by atoms with E-state index >= 15 is 0 Å². The number of benzene rings is 2. The summed E-state index contributed by atoms with van der Waals surface area (Å²) >= 11 is 3.45. The molecule has 3 rings (SSSR count). The molecule has 0 aliphatic heterocycles. The topological polar surface area (TPSA) is 43.3 Å². The Morgan fingerprint density at radius 1 is 1.21 bits per heavy atom. The van der Waals surface area contributed by atoms with Crippen molar-refractivity contribution in [2.24, 2.45) is 0 Å². The molecule has 0 unspecified atom stereocenters. The average molecular weight is 387 g/mol. The van der Waals surface area contributed by atoms with Crippen molar-refractivity contribution in [1.29, 1.82) is 0 Å². The van der Waals surface area contributed by atoms with Crippen LogP contribution >= 0.6 is 15.9 Å². The number of halogens is 1. The number of hydrogen-bond acceptors (Lipinski definition) is 2. The second-order valence-electron chi connectivity index (χ2n) is 5.66. The minimum absolute atomic E-state index is 0.0264. The first kappa shape index (κ1) is 16.6. The third-order valence-corrected chi connectivity index (χ3v) is 4.53. The minimum atomic E-state index is -0.0264. The van der Waals surface area contributed by atoms with E-state index in [1.54, 1.807) is 7.11 Å². The van der Waals surface area contributed by atoms with Gasteiger partial charge in [-0.05, 0) is 42.6 Å². The number of aromatic nitrogens is 1. The van der Waals surface area contributed by atoms with Gasteiger partial charge < -0.3 is 14.6 Å². The summed E-state index contributed by atoms with van der Waals surface area (Å²) in [5.41, 5.74) is 3.09. The third kappa shape index (κ3) is 3.46. The van der Waals surface area contributed by atoms with Crippen LogP contribution in [0.2, 0.25) is 0 Å². The van der Waals surface area contributed by atoms with Crippen LogP contribution in [0.1, 0.15) is 11.3 Å². The second kappa shape index (κ2) is 7.09. The fraction of sp³-hybridized carbons (Fsp3) is 0.211. The van der Waals surface area contributed by atoms with Crippen molar-refractivity contribution in [3.63, 3.8) is 0 Å². The molecule has 0 bridgehead atoms. The quantitative estimate of drug-likeness (QED) is 0.718. The molecule has 1 amide bonds. The van der Waals surface area contributed by atoms with E-state index in [0.717, 1.165) is 32.4 Å². The lowest BCUT2D eigenvalue weighted by molar-refractivity contribution is -0.121. The van der Waals surface area contributed by atoms with E-state index in [1.165, 1.54) is 0 Å². The van der Waals surface area contributed by atoms with Gasteiger partial charge in [0.05, 0.1) is 7.11 Å². The van der Waals surface area contributed by atoms with Crippen LogP contribution in [-0.2, 0) is 17.9 Å². The van der Waals surface area contributed by atoms with E-state index in [4.69, 9.17) is 4.74 Å². The van der Waals surface area contributed by atoms with Crippen LogP contribution in [0.25, 0.3) is 10.9 Å². The fourth-order valence-corrected chi connectivity index (χ4v) is 3.25. The normalized spacial score (nSPS) is 10.8. The Balaban J connectivity index is 1.72. The molecule has 3 aromatic rings. The van der Waals surface area contributed by atoms with E-state index in [9.17, 15) is 4.79 Å². The first-order valence-electron chi connectivity index (χ1n) is 7.72. The van der Waals surface area contributed by atoms with Gasteiger partial charge in [0.25, 0.3) is 0 Å². The molecule has 1 aromatic heterocycles. The van der Waals surface area contributed by atoms with Gasteiger partial charge in [0.15, 0.2) is 0 Å². The fourth-order valence-electron chi connectivity index (χ4n) is 2.84. The summed E-state index contributed by atoms with van der Waals surface area (Å²) in [4.78, 5) is 12.4. The zero-order valence-electron chi connectivity index (χ0n) is 13.7. The number of methoxy groups -OCH3 is 1. The summed E-state index contributed by atoms with van der Waals surface area (Å²) in [5, 5.41) is 4.12. The third-order valence-electron chi connectivity index (χ3n) is 4.04. The molecule has 0 aliphatic carbocycles. The predicted molar refractivity (Wildman–Crippen MR) is 99.2 cm³/mol. The number of hydrogen-bond donors (Lipinski definition) is 1. The lowest BCUT2D eigenvalue weighted by atomic mass is 10.2. The van der Waals surface area contributed by atoms with Crippen molar-refractivity contribution in [1.82, 2.24) is 9.88 Å². The summed E-state index contributed by atoms with van der Waals surface area (Å²) in [6, 6.07) is 15.9. The summed E-state index contributed by atoms with van der Waals surface area (Å²) in [6.45, 7) is 2.75. The van der Waals surface area contributed by atoms with Crippen molar-refractivity contribution in [3.8, 4) is 5.75 Å². The number of para-hydroxylation sites is 1. The summed E-state index contributed by atoms with van der Waals surface area (Å²) in [6.07, 6.45) is 0. The molecule has 1 N–H and O–H groups in total. The molecule has 24 heavy (non-hydrogen) atoms. The molecule has 2 aromatic carbocycles. The van der Waals surface area contributed by atoms with Crippen molar-refractivity contribution >= 4 is 32.7 Å². The monoisotopic (exact) mass is 386 g/mol. The lowest BCUT2D eigenvalue weighted by Crippen LogP contribution is -2.27. The number of ether oxygens (including phenoxy) is 1. The van der Waals surface area contributed by atoms with E-state index < -0.39 is 0 Å². The summed E-state index contributed by atoms with van der Waals surface area (Å²) in [5.74, 6) is 0.738. The summed E-state index contributed by atoms with van der Waals surface area (Å²) in [7, 11) is 1.63. The van der Waals surface area contributed by atoms with Gasteiger partial charge in [0.1, 0.15) is 12.3 Å². The molecule has 0 fully saturated rings. The number of aryl methyl sites for hydroxylation is 1. The molecule has 0 saturated carbocycles. The van der Waals surface area contributed by atoms with E-state index in [0.29, 0.717) is 13.1 Å². The van der Waals surface area contributed by atoms with E-state index in [1.807, 2.05) is 47.9 Å². The van der Waals surface area contributed by atoms with Gasteiger partial charge in [-0.15, -0.1) is 0 Å². The molecular weight excluding hydrogens is 368 g/mol. The van der Waals surface area contributed by atoms with Gasteiger partial charge in [-0.2, -0.15) is 0 Å². The predicted octanol–water partition coefficient (Wildman–Crippen LogP) is 4.04. The van der Waals surface area contributed by atoms with Crippen molar-refractivity contribution < 1.29 is 9.53 Å². The van der Waals surface area contributed by atoms with Crippen molar-refractivity contribution in [3.05, 3.63) is 64.3 Å². The van der Waals surface area contributed by atoms with Crippen molar-refractivity contribution in [2.75, 3.05) is 7.11 Å². The van der Waals surface area contributed by atoms with Crippen LogP contribution in [0, 0.1) is 6.92 Å². The van der Waals surface area contributed by atoms with Gasteiger partial charge in [-0.1, -0.05) is 34.1 Å².